The van der Waals surface area contributed by atoms with Crippen LogP contribution in [0, 0.1) is 0 Å². The molecule has 5 rings (SSSR count). The van der Waals surface area contributed by atoms with Gasteiger partial charge < -0.3 is 9.32 Å². The van der Waals surface area contributed by atoms with Crippen LogP contribution in [0.25, 0.3) is 11.3 Å². The number of anilines is 1. The summed E-state index contributed by atoms with van der Waals surface area (Å²) in [6.45, 7) is 0. The minimum Gasteiger partial charge on any atom is -0.460 e. The van der Waals surface area contributed by atoms with Gasteiger partial charge in [0.15, 0.2) is 0 Å². The highest BCUT2D eigenvalue weighted by Gasteiger charge is 2.41. The van der Waals surface area contributed by atoms with E-state index in [2.05, 4.69) is 18.2 Å². The summed E-state index contributed by atoms with van der Waals surface area (Å²) in [5.41, 5.74) is 5.50. The summed E-state index contributed by atoms with van der Waals surface area (Å²) < 4.78 is 6.36. The van der Waals surface area contributed by atoms with Gasteiger partial charge in [-0.2, -0.15) is 0 Å². The van der Waals surface area contributed by atoms with Crippen LogP contribution in [-0.4, -0.2) is 13.0 Å². The van der Waals surface area contributed by atoms with Crippen molar-refractivity contribution >= 4 is 11.6 Å². The molecular formula is C23H21NO2. The van der Waals surface area contributed by atoms with Crippen molar-refractivity contribution in [2.75, 3.05) is 11.9 Å². The molecule has 26 heavy (non-hydrogen) atoms. The van der Waals surface area contributed by atoms with Gasteiger partial charge in [0, 0.05) is 30.3 Å². The molecule has 1 aliphatic heterocycles. The van der Waals surface area contributed by atoms with Gasteiger partial charge in [0.25, 0.3) is 0 Å². The number of hydrogen-bond acceptors (Lipinski definition) is 2. The summed E-state index contributed by atoms with van der Waals surface area (Å²) >= 11 is 0. The summed E-state index contributed by atoms with van der Waals surface area (Å²) in [5.74, 6) is 1.82. The molecule has 3 heteroatoms. The van der Waals surface area contributed by atoms with Crippen LogP contribution in [0.2, 0.25) is 0 Å². The summed E-state index contributed by atoms with van der Waals surface area (Å²) in [5, 5.41) is 0. The van der Waals surface area contributed by atoms with E-state index in [0.717, 1.165) is 59.6 Å². The molecule has 1 aliphatic carbocycles. The number of benzene rings is 2. The second-order valence-electron chi connectivity index (χ2n) is 7.21. The Labute approximate surface area is 153 Å². The lowest BCUT2D eigenvalue weighted by atomic mass is 9.84. The van der Waals surface area contributed by atoms with Crippen molar-refractivity contribution in [3.63, 3.8) is 0 Å². The largest absolute Gasteiger partial charge is 0.460 e. The predicted molar refractivity (Wildman–Crippen MR) is 102 cm³/mol. The van der Waals surface area contributed by atoms with Crippen LogP contribution in [0.5, 0.6) is 0 Å². The number of nitrogens with zero attached hydrogens (tertiary/aromatic N) is 1. The van der Waals surface area contributed by atoms with E-state index in [9.17, 15) is 4.79 Å². The van der Waals surface area contributed by atoms with Crippen molar-refractivity contribution in [2.24, 2.45) is 0 Å². The van der Waals surface area contributed by atoms with Crippen molar-refractivity contribution in [1.82, 2.24) is 0 Å². The van der Waals surface area contributed by atoms with Crippen LogP contribution in [0.4, 0.5) is 5.69 Å². The fraction of sp³-hybridized carbons (Fsp3) is 0.261. The maximum Gasteiger partial charge on any atom is 0.238 e. The van der Waals surface area contributed by atoms with E-state index in [-0.39, 0.29) is 11.8 Å². The summed E-state index contributed by atoms with van der Waals surface area (Å²) in [7, 11) is 1.87. The highest BCUT2D eigenvalue weighted by atomic mass is 16.3. The van der Waals surface area contributed by atoms with Gasteiger partial charge >= 0.3 is 0 Å². The van der Waals surface area contributed by atoms with E-state index in [0.29, 0.717) is 0 Å². The third kappa shape index (κ3) is 2.16. The normalized spacial score (nSPS) is 18.7. The Morgan fingerprint density at radius 3 is 2.54 bits per heavy atom. The molecule has 1 unspecified atom stereocenters. The Bertz CT molecular complexity index is 987. The maximum atomic E-state index is 13.2. The van der Waals surface area contributed by atoms with Crippen molar-refractivity contribution in [3.8, 4) is 11.3 Å². The van der Waals surface area contributed by atoms with E-state index in [1.165, 1.54) is 5.56 Å². The number of para-hydroxylation sites is 1. The molecule has 130 valence electrons. The minimum absolute atomic E-state index is 0.137. The number of aryl methyl sites for hydroxylation is 1. The molecule has 2 aliphatic rings. The molecule has 0 radical (unpaired) electrons. The lowest BCUT2D eigenvalue weighted by molar-refractivity contribution is -0.118. The Hall–Kier alpha value is -2.81. The molecule has 1 atom stereocenters. The van der Waals surface area contributed by atoms with Crippen LogP contribution >= 0.6 is 0 Å². The number of hydrogen-bond donors (Lipinski definition) is 0. The van der Waals surface area contributed by atoms with Crippen molar-refractivity contribution in [2.45, 2.75) is 31.6 Å². The maximum absolute atomic E-state index is 13.2. The standard InChI is InChI=1S/C23H21NO2/c1-24-18-13-7-5-11-16(18)21(23(24)25)20-17-12-6-8-14-19(17)26-22(20)15-9-3-2-4-10-15/h2-5,7,9-11,13,21H,6,8,12,14H2,1H3. The zero-order valence-electron chi connectivity index (χ0n) is 14.9. The van der Waals surface area contributed by atoms with Gasteiger partial charge in [0.1, 0.15) is 11.5 Å². The number of carbonyl (C=O) groups is 1. The van der Waals surface area contributed by atoms with E-state index in [4.69, 9.17) is 4.42 Å². The number of likely N-dealkylation sites (N-methyl/N-ethyl adjacent to an activating group) is 1. The van der Waals surface area contributed by atoms with E-state index >= 15 is 0 Å². The number of amides is 1. The van der Waals surface area contributed by atoms with Crippen LogP contribution in [-0.2, 0) is 17.6 Å². The SMILES string of the molecule is CN1C(=O)C(c2c(-c3ccccc3)oc3c2CCCC3)c2ccccc21. The third-order valence-electron chi connectivity index (χ3n) is 5.72. The molecular weight excluding hydrogens is 322 g/mol. The zero-order valence-corrected chi connectivity index (χ0v) is 14.9. The van der Waals surface area contributed by atoms with Gasteiger partial charge in [0.2, 0.25) is 5.91 Å². The Balaban J connectivity index is 1.77. The quantitative estimate of drug-likeness (QED) is 0.661. The predicted octanol–water partition coefficient (Wildman–Crippen LogP) is 4.93. The van der Waals surface area contributed by atoms with Gasteiger partial charge in [-0.05, 0) is 36.5 Å². The fourth-order valence-electron chi connectivity index (χ4n) is 4.46. The molecule has 1 aromatic heterocycles. The third-order valence-corrected chi connectivity index (χ3v) is 5.72. The molecule has 0 fully saturated rings. The summed E-state index contributed by atoms with van der Waals surface area (Å²) in [4.78, 5) is 15.0. The number of fused-ring (bicyclic) bond motifs is 2. The molecule has 2 aromatic carbocycles. The van der Waals surface area contributed by atoms with Crippen LogP contribution < -0.4 is 4.90 Å². The highest BCUT2D eigenvalue weighted by molar-refractivity contribution is 6.07. The average molecular weight is 343 g/mol. The molecule has 3 aromatic rings. The topological polar surface area (TPSA) is 33.5 Å². The number of carbonyl (C=O) groups excluding carboxylic acids is 1. The molecule has 0 N–H and O–H groups in total. The summed E-state index contributed by atoms with van der Waals surface area (Å²) in [6, 6.07) is 18.3. The highest BCUT2D eigenvalue weighted by Crippen LogP contribution is 2.47. The lowest BCUT2D eigenvalue weighted by Crippen LogP contribution is -2.25. The second-order valence-corrected chi connectivity index (χ2v) is 7.21. The zero-order chi connectivity index (χ0) is 17.7. The van der Waals surface area contributed by atoms with Crippen molar-refractivity contribution in [3.05, 3.63) is 77.0 Å². The first-order chi connectivity index (χ1) is 12.8. The van der Waals surface area contributed by atoms with E-state index in [1.807, 2.05) is 43.4 Å². The molecule has 2 heterocycles. The average Bonchev–Trinajstić information content (AvgIpc) is 3.19. The molecule has 0 bridgehead atoms. The monoisotopic (exact) mass is 343 g/mol. The summed E-state index contributed by atoms with van der Waals surface area (Å²) in [6.07, 6.45) is 4.28. The Morgan fingerprint density at radius 2 is 1.69 bits per heavy atom. The molecule has 3 nitrogen and oxygen atoms in total. The first-order valence-electron chi connectivity index (χ1n) is 9.32. The van der Waals surface area contributed by atoms with Crippen LogP contribution in [0.1, 0.15) is 41.2 Å². The smallest absolute Gasteiger partial charge is 0.238 e. The van der Waals surface area contributed by atoms with Gasteiger partial charge in [-0.1, -0.05) is 48.5 Å². The van der Waals surface area contributed by atoms with E-state index in [1.54, 1.807) is 4.90 Å². The van der Waals surface area contributed by atoms with Gasteiger partial charge in [-0.15, -0.1) is 0 Å². The van der Waals surface area contributed by atoms with Gasteiger partial charge in [0.05, 0.1) is 5.92 Å². The Morgan fingerprint density at radius 1 is 0.962 bits per heavy atom. The molecule has 0 saturated carbocycles. The number of rotatable bonds is 2. The second kappa shape index (κ2) is 5.87. The number of furan rings is 1. The minimum atomic E-state index is -0.267. The Kier molecular flexibility index (Phi) is 3.49. The van der Waals surface area contributed by atoms with Gasteiger partial charge in [-0.3, -0.25) is 4.79 Å². The molecule has 0 spiro atoms. The van der Waals surface area contributed by atoms with Crippen molar-refractivity contribution < 1.29 is 9.21 Å². The molecule has 1 amide bonds. The van der Waals surface area contributed by atoms with Crippen molar-refractivity contribution in [1.29, 1.82) is 0 Å². The lowest BCUT2D eigenvalue weighted by Gasteiger charge is -2.16. The van der Waals surface area contributed by atoms with Gasteiger partial charge in [-0.25, -0.2) is 0 Å². The fourth-order valence-corrected chi connectivity index (χ4v) is 4.46. The first kappa shape index (κ1) is 15.4. The van der Waals surface area contributed by atoms with E-state index < -0.39 is 0 Å². The molecule has 0 saturated heterocycles. The van der Waals surface area contributed by atoms with Crippen LogP contribution in [0.3, 0.4) is 0 Å². The first-order valence-corrected chi connectivity index (χ1v) is 9.32. The van der Waals surface area contributed by atoms with Crippen LogP contribution in [0.15, 0.2) is 59.0 Å².